The molecule has 0 aromatic rings. The number of hydrogen-bond donors (Lipinski definition) is 3. The second kappa shape index (κ2) is 5.49. The number of rotatable bonds is 5. The van der Waals surface area contributed by atoms with Crippen LogP contribution >= 0.6 is 0 Å². The van der Waals surface area contributed by atoms with Crippen LogP contribution in [0.5, 0.6) is 0 Å². The van der Waals surface area contributed by atoms with Gasteiger partial charge >= 0.3 is 16.4 Å². The van der Waals surface area contributed by atoms with Gasteiger partial charge < -0.3 is 10.6 Å². The molecular weight excluding hydrogens is 296 g/mol. The van der Waals surface area contributed by atoms with Crippen LogP contribution in [-0.2, 0) is 24.3 Å². The number of amides is 3. The van der Waals surface area contributed by atoms with Gasteiger partial charge in [0.2, 0.25) is 0 Å². The summed E-state index contributed by atoms with van der Waals surface area (Å²) in [5.74, 6) is -0.559. The fraction of sp³-hybridized carbons (Fsp3) is 0.750. The van der Waals surface area contributed by atoms with Crippen LogP contribution in [0.25, 0.3) is 0 Å². The summed E-state index contributed by atoms with van der Waals surface area (Å²) >= 11 is 0. The molecule has 2 fully saturated rings. The number of urea groups is 1. The average molecular weight is 310 g/mol. The van der Waals surface area contributed by atoms with E-state index in [1.807, 2.05) is 0 Å². The Kier molecular flexibility index (Phi) is 4.10. The molecule has 2 atom stereocenters. The third-order valence-electron chi connectivity index (χ3n) is 3.06. The molecular formula is C8H14N4O7S. The summed E-state index contributed by atoms with van der Waals surface area (Å²) in [5.41, 5.74) is 7.14. The van der Waals surface area contributed by atoms with Gasteiger partial charge in [-0.3, -0.25) is 14.2 Å². The Balaban J connectivity index is 2.07. The van der Waals surface area contributed by atoms with E-state index in [0.717, 1.165) is 4.90 Å². The third-order valence-corrected chi connectivity index (χ3v) is 3.41. The molecule has 2 rings (SSSR count). The Labute approximate surface area is 114 Å². The molecule has 3 amide bonds. The standard InChI is InChI=1S/C8H14N4O7S/c9-4-18-10-7(13)6-2-1-5-3-11(6)8(14)12(5)19-20(15,16)17/h5-6H,1-4,9H2,(H,10,13)(H,15,16,17)/t5-,6+/m1/s1. The van der Waals surface area contributed by atoms with Gasteiger partial charge in [-0.1, -0.05) is 0 Å². The Bertz CT molecular complexity index is 509. The van der Waals surface area contributed by atoms with E-state index in [2.05, 4.69) is 14.6 Å². The number of nitrogens with zero attached hydrogens (tertiary/aromatic N) is 2. The predicted octanol–water partition coefficient (Wildman–Crippen LogP) is -2.05. The van der Waals surface area contributed by atoms with Gasteiger partial charge in [-0.15, -0.1) is 4.28 Å². The number of carbonyl (C=O) groups is 2. The summed E-state index contributed by atoms with van der Waals surface area (Å²) in [7, 11) is -4.79. The van der Waals surface area contributed by atoms with Crippen molar-refractivity contribution in [2.24, 2.45) is 5.73 Å². The lowest BCUT2D eigenvalue weighted by Crippen LogP contribution is -2.50. The van der Waals surface area contributed by atoms with Crippen molar-refractivity contribution in [3.8, 4) is 0 Å². The van der Waals surface area contributed by atoms with Gasteiger partial charge in [-0.25, -0.2) is 10.3 Å². The molecule has 4 N–H and O–H groups in total. The highest BCUT2D eigenvalue weighted by Gasteiger charge is 2.49. The average Bonchev–Trinajstić information content (AvgIpc) is 2.60. The van der Waals surface area contributed by atoms with E-state index in [0.29, 0.717) is 17.9 Å². The van der Waals surface area contributed by atoms with Crippen molar-refractivity contribution in [2.45, 2.75) is 24.9 Å². The molecule has 20 heavy (non-hydrogen) atoms. The minimum absolute atomic E-state index is 0.120. The quantitative estimate of drug-likeness (QED) is 0.298. The second-order valence-electron chi connectivity index (χ2n) is 4.29. The molecule has 0 aromatic carbocycles. The van der Waals surface area contributed by atoms with Crippen molar-refractivity contribution >= 4 is 22.3 Å². The maximum atomic E-state index is 12.0. The summed E-state index contributed by atoms with van der Waals surface area (Å²) in [6.45, 7) is -0.0952. The Morgan fingerprint density at radius 2 is 2.20 bits per heavy atom. The van der Waals surface area contributed by atoms with E-state index in [-0.39, 0.29) is 13.3 Å². The highest BCUT2D eigenvalue weighted by atomic mass is 32.3. The lowest BCUT2D eigenvalue weighted by atomic mass is 10.0. The van der Waals surface area contributed by atoms with Crippen LogP contribution in [0.2, 0.25) is 0 Å². The van der Waals surface area contributed by atoms with Crippen LogP contribution in [0.3, 0.4) is 0 Å². The normalized spacial score (nSPS) is 26.0. The molecule has 2 heterocycles. The molecule has 2 aliphatic rings. The lowest BCUT2D eigenvalue weighted by molar-refractivity contribution is -0.138. The van der Waals surface area contributed by atoms with E-state index in [4.69, 9.17) is 10.3 Å². The molecule has 0 spiro atoms. The molecule has 114 valence electrons. The van der Waals surface area contributed by atoms with E-state index < -0.39 is 34.4 Å². The Morgan fingerprint density at radius 1 is 1.50 bits per heavy atom. The van der Waals surface area contributed by atoms with Crippen molar-refractivity contribution in [3.05, 3.63) is 0 Å². The third kappa shape index (κ3) is 2.99. The van der Waals surface area contributed by atoms with Gasteiger partial charge in [0.05, 0.1) is 6.04 Å². The number of piperidine rings is 1. The summed E-state index contributed by atoms with van der Waals surface area (Å²) in [5, 5.41) is 0.562. The van der Waals surface area contributed by atoms with E-state index in [1.165, 1.54) is 0 Å². The van der Waals surface area contributed by atoms with Crippen molar-refractivity contribution in [2.75, 3.05) is 13.3 Å². The van der Waals surface area contributed by atoms with Gasteiger partial charge in [0.1, 0.15) is 12.8 Å². The first-order valence-corrected chi connectivity index (χ1v) is 7.08. The first-order chi connectivity index (χ1) is 9.33. The number of hydrogen-bond acceptors (Lipinski definition) is 7. The second-order valence-corrected chi connectivity index (χ2v) is 5.29. The van der Waals surface area contributed by atoms with E-state index in [9.17, 15) is 18.0 Å². The number of nitrogens with one attached hydrogen (secondary N) is 1. The molecule has 2 bridgehead atoms. The van der Waals surface area contributed by atoms with Crippen molar-refractivity contribution in [1.29, 1.82) is 0 Å². The molecule has 0 aliphatic carbocycles. The molecule has 0 aromatic heterocycles. The van der Waals surface area contributed by atoms with Crippen LogP contribution in [0, 0.1) is 0 Å². The topological polar surface area (TPSA) is 151 Å². The SMILES string of the molecule is NCONC(=O)[C@@H]1CC[C@@H]2CN1C(=O)N2OS(=O)(=O)O. The molecule has 0 unspecified atom stereocenters. The number of carbonyl (C=O) groups excluding carboxylic acids is 2. The minimum atomic E-state index is -4.79. The summed E-state index contributed by atoms with van der Waals surface area (Å²) < 4.78 is 34.2. The van der Waals surface area contributed by atoms with Crippen LogP contribution in [0.1, 0.15) is 12.8 Å². The zero-order valence-electron chi connectivity index (χ0n) is 10.3. The van der Waals surface area contributed by atoms with Crippen LogP contribution in [-0.4, -0.2) is 60.2 Å². The van der Waals surface area contributed by atoms with Gasteiger partial charge in [0, 0.05) is 6.54 Å². The largest absolute Gasteiger partial charge is 0.418 e. The zero-order chi connectivity index (χ0) is 14.9. The molecule has 11 nitrogen and oxygen atoms in total. The minimum Gasteiger partial charge on any atom is -0.309 e. The van der Waals surface area contributed by atoms with Crippen LogP contribution in [0.4, 0.5) is 4.79 Å². The van der Waals surface area contributed by atoms with Gasteiger partial charge in [-0.2, -0.15) is 13.5 Å². The molecule has 0 radical (unpaired) electrons. The van der Waals surface area contributed by atoms with Crippen LogP contribution < -0.4 is 11.2 Å². The smallest absolute Gasteiger partial charge is 0.309 e. The first kappa shape index (κ1) is 14.9. The summed E-state index contributed by atoms with van der Waals surface area (Å²) in [4.78, 5) is 29.4. The maximum absolute atomic E-state index is 12.0. The zero-order valence-corrected chi connectivity index (χ0v) is 11.1. The fourth-order valence-electron chi connectivity index (χ4n) is 2.28. The lowest BCUT2D eigenvalue weighted by Gasteiger charge is -2.28. The van der Waals surface area contributed by atoms with Gasteiger partial charge in [0.15, 0.2) is 0 Å². The Hall–Kier alpha value is -1.47. The summed E-state index contributed by atoms with van der Waals surface area (Å²) in [6, 6.07) is -2.15. The van der Waals surface area contributed by atoms with Crippen molar-refractivity contribution in [1.82, 2.24) is 15.4 Å². The van der Waals surface area contributed by atoms with E-state index in [1.54, 1.807) is 0 Å². The highest BCUT2D eigenvalue weighted by Crippen LogP contribution is 2.30. The number of nitrogens with two attached hydrogens (primary N) is 1. The van der Waals surface area contributed by atoms with Gasteiger partial charge in [0.25, 0.3) is 5.91 Å². The molecule has 2 saturated heterocycles. The van der Waals surface area contributed by atoms with E-state index >= 15 is 0 Å². The monoisotopic (exact) mass is 310 g/mol. The van der Waals surface area contributed by atoms with Gasteiger partial charge in [-0.05, 0) is 12.8 Å². The first-order valence-electron chi connectivity index (χ1n) is 5.72. The molecule has 2 aliphatic heterocycles. The molecule has 12 heteroatoms. The number of hydroxylamine groups is 3. The number of fused-ring (bicyclic) bond motifs is 2. The van der Waals surface area contributed by atoms with Crippen molar-refractivity contribution < 1.29 is 31.7 Å². The van der Waals surface area contributed by atoms with Crippen molar-refractivity contribution in [3.63, 3.8) is 0 Å². The highest BCUT2D eigenvalue weighted by molar-refractivity contribution is 7.80. The Morgan fingerprint density at radius 3 is 2.80 bits per heavy atom. The van der Waals surface area contributed by atoms with Crippen LogP contribution in [0.15, 0.2) is 0 Å². The summed E-state index contributed by atoms with van der Waals surface area (Å²) in [6.07, 6.45) is 0.653. The predicted molar refractivity (Wildman–Crippen MR) is 61.7 cm³/mol. The molecule has 0 saturated carbocycles. The fourth-order valence-corrected chi connectivity index (χ4v) is 2.67. The maximum Gasteiger partial charge on any atom is 0.418 e.